The first-order chi connectivity index (χ1) is 8.99. The van der Waals surface area contributed by atoms with E-state index in [0.717, 1.165) is 5.56 Å². The average molecular weight is 260 g/mol. The third-order valence-corrected chi connectivity index (χ3v) is 2.77. The lowest BCUT2D eigenvalue weighted by Crippen LogP contribution is -2.03. The van der Waals surface area contributed by atoms with E-state index in [1.807, 2.05) is 0 Å². The molecule has 0 unspecified atom stereocenters. The normalized spacial score (nSPS) is 10.2. The number of nitrogens with one attached hydrogen (secondary N) is 1. The van der Waals surface area contributed by atoms with Crippen molar-refractivity contribution in [3.63, 3.8) is 0 Å². The number of rotatable bonds is 3. The summed E-state index contributed by atoms with van der Waals surface area (Å²) in [5.74, 6) is -1.47. The molecule has 0 aromatic heterocycles. The second-order valence-electron chi connectivity index (χ2n) is 4.16. The van der Waals surface area contributed by atoms with Crippen LogP contribution in [0, 0.1) is 12.7 Å². The van der Waals surface area contributed by atoms with E-state index in [9.17, 15) is 9.18 Å². The molecule has 0 bridgehead atoms. The number of hydrogen-bond acceptors (Lipinski definition) is 3. The Kier molecular flexibility index (Phi) is 3.37. The van der Waals surface area contributed by atoms with Crippen LogP contribution >= 0.6 is 0 Å². The van der Waals surface area contributed by atoms with Crippen LogP contribution in [0.3, 0.4) is 0 Å². The second kappa shape index (κ2) is 4.97. The first-order valence-electron chi connectivity index (χ1n) is 5.64. The largest absolute Gasteiger partial charge is 0.478 e. The number of benzene rings is 2. The number of aromatic carboxylic acids is 1. The molecule has 0 saturated carbocycles. The molecule has 0 aliphatic rings. The minimum absolute atomic E-state index is 0.0239. The Morgan fingerprint density at radius 2 is 2.05 bits per heavy atom. The molecule has 19 heavy (non-hydrogen) atoms. The van der Waals surface area contributed by atoms with Crippen LogP contribution in [0.15, 0.2) is 36.4 Å². The van der Waals surface area contributed by atoms with Gasteiger partial charge in [-0.25, -0.2) is 9.18 Å². The van der Waals surface area contributed by atoms with E-state index < -0.39 is 5.97 Å². The van der Waals surface area contributed by atoms with Crippen molar-refractivity contribution in [2.24, 2.45) is 0 Å². The van der Waals surface area contributed by atoms with Crippen molar-refractivity contribution in [3.8, 4) is 0 Å². The fourth-order valence-electron chi connectivity index (χ4n) is 1.77. The Labute approximate surface area is 109 Å². The molecule has 0 heterocycles. The van der Waals surface area contributed by atoms with Gasteiger partial charge in [0.1, 0.15) is 5.82 Å². The Balaban J connectivity index is 2.34. The Morgan fingerprint density at radius 1 is 1.32 bits per heavy atom. The summed E-state index contributed by atoms with van der Waals surface area (Å²) in [7, 11) is 0. The summed E-state index contributed by atoms with van der Waals surface area (Å²) >= 11 is 0. The molecule has 0 saturated heterocycles. The van der Waals surface area contributed by atoms with Crippen LogP contribution in [0.4, 0.5) is 21.5 Å². The minimum Gasteiger partial charge on any atom is -0.478 e. The van der Waals surface area contributed by atoms with Gasteiger partial charge in [-0.2, -0.15) is 0 Å². The molecular formula is C14H13FN2O2. The van der Waals surface area contributed by atoms with E-state index in [1.54, 1.807) is 25.1 Å². The van der Waals surface area contributed by atoms with E-state index in [2.05, 4.69) is 5.32 Å². The number of nitrogens with two attached hydrogens (primary N) is 1. The van der Waals surface area contributed by atoms with E-state index in [1.165, 1.54) is 18.2 Å². The summed E-state index contributed by atoms with van der Waals surface area (Å²) in [6, 6.07) is 9.15. The summed E-state index contributed by atoms with van der Waals surface area (Å²) in [5, 5.41) is 11.8. The molecule has 2 rings (SSSR count). The maximum absolute atomic E-state index is 13.7. The summed E-state index contributed by atoms with van der Waals surface area (Å²) < 4.78 is 13.7. The monoisotopic (exact) mass is 260 g/mol. The smallest absolute Gasteiger partial charge is 0.337 e. The zero-order chi connectivity index (χ0) is 14.0. The van der Waals surface area contributed by atoms with Crippen molar-refractivity contribution in [2.45, 2.75) is 6.92 Å². The van der Waals surface area contributed by atoms with Crippen LogP contribution in [0.5, 0.6) is 0 Å². The van der Waals surface area contributed by atoms with Gasteiger partial charge in [-0.15, -0.1) is 0 Å². The molecule has 0 aliphatic heterocycles. The van der Waals surface area contributed by atoms with Gasteiger partial charge in [0.2, 0.25) is 0 Å². The van der Waals surface area contributed by atoms with E-state index in [0.29, 0.717) is 11.4 Å². The first-order valence-corrected chi connectivity index (χ1v) is 5.64. The summed E-state index contributed by atoms with van der Waals surface area (Å²) in [4.78, 5) is 10.8. The van der Waals surface area contributed by atoms with E-state index in [4.69, 9.17) is 10.8 Å². The van der Waals surface area contributed by atoms with Crippen LogP contribution in [0.25, 0.3) is 0 Å². The van der Waals surface area contributed by atoms with Crippen molar-refractivity contribution in [3.05, 3.63) is 53.3 Å². The zero-order valence-electron chi connectivity index (χ0n) is 10.3. The highest BCUT2D eigenvalue weighted by Gasteiger charge is 2.10. The maximum atomic E-state index is 13.7. The lowest BCUT2D eigenvalue weighted by atomic mass is 10.1. The number of carboxylic acids is 1. The van der Waals surface area contributed by atoms with Crippen LogP contribution in [0.1, 0.15) is 15.9 Å². The van der Waals surface area contributed by atoms with Crippen molar-refractivity contribution in [1.82, 2.24) is 0 Å². The molecule has 0 aliphatic carbocycles. The molecule has 0 fully saturated rings. The molecule has 2 aromatic rings. The maximum Gasteiger partial charge on any atom is 0.337 e. The highest BCUT2D eigenvalue weighted by Crippen LogP contribution is 2.26. The van der Waals surface area contributed by atoms with Crippen LogP contribution < -0.4 is 11.1 Å². The molecule has 98 valence electrons. The lowest BCUT2D eigenvalue weighted by Gasteiger charge is -2.11. The fraction of sp³-hybridized carbons (Fsp3) is 0.0714. The van der Waals surface area contributed by atoms with Crippen molar-refractivity contribution >= 4 is 23.0 Å². The molecule has 0 radical (unpaired) electrons. The van der Waals surface area contributed by atoms with Gasteiger partial charge in [0, 0.05) is 11.4 Å². The zero-order valence-corrected chi connectivity index (χ0v) is 10.3. The number of anilines is 3. The van der Waals surface area contributed by atoms with Gasteiger partial charge in [-0.3, -0.25) is 0 Å². The number of halogens is 1. The Morgan fingerprint density at radius 3 is 2.63 bits per heavy atom. The van der Waals surface area contributed by atoms with Gasteiger partial charge in [0.05, 0.1) is 11.3 Å². The van der Waals surface area contributed by atoms with Gasteiger partial charge in [-0.1, -0.05) is 12.1 Å². The quantitative estimate of drug-likeness (QED) is 0.741. The number of hydrogen-bond donors (Lipinski definition) is 3. The number of carboxylic acid groups (broad SMARTS) is 1. The van der Waals surface area contributed by atoms with Gasteiger partial charge in [0.25, 0.3) is 0 Å². The number of nitrogen functional groups attached to an aromatic ring is 1. The molecule has 4 N–H and O–H groups in total. The highest BCUT2D eigenvalue weighted by molar-refractivity contribution is 5.94. The summed E-state index contributed by atoms with van der Waals surface area (Å²) in [6.45, 7) is 1.78. The van der Waals surface area contributed by atoms with Crippen LogP contribution in [0.2, 0.25) is 0 Å². The van der Waals surface area contributed by atoms with Gasteiger partial charge < -0.3 is 16.2 Å². The summed E-state index contributed by atoms with van der Waals surface area (Å²) in [5.41, 5.74) is 7.43. The Hall–Kier alpha value is -2.56. The molecule has 2 aromatic carbocycles. The van der Waals surface area contributed by atoms with E-state index >= 15 is 0 Å². The fourth-order valence-corrected chi connectivity index (χ4v) is 1.77. The molecule has 5 heteroatoms. The Bertz CT molecular complexity index is 621. The standard InChI is InChI=1S/C14H13FN2O2/c1-8-3-2-4-11(15)13(8)17-9-5-6-10(14(18)19)12(16)7-9/h2-7,17H,16H2,1H3,(H,18,19). The third-order valence-electron chi connectivity index (χ3n) is 2.77. The van der Waals surface area contributed by atoms with Crippen molar-refractivity contribution in [1.29, 1.82) is 0 Å². The van der Waals surface area contributed by atoms with Gasteiger partial charge >= 0.3 is 5.97 Å². The lowest BCUT2D eigenvalue weighted by molar-refractivity contribution is 0.0698. The molecule has 4 nitrogen and oxygen atoms in total. The molecule has 0 spiro atoms. The average Bonchev–Trinajstić information content (AvgIpc) is 2.33. The highest BCUT2D eigenvalue weighted by atomic mass is 19.1. The molecule has 0 amide bonds. The minimum atomic E-state index is -1.09. The van der Waals surface area contributed by atoms with Crippen molar-refractivity contribution in [2.75, 3.05) is 11.1 Å². The van der Waals surface area contributed by atoms with Gasteiger partial charge in [0.15, 0.2) is 0 Å². The first kappa shape index (κ1) is 12.9. The molecule has 0 atom stereocenters. The van der Waals surface area contributed by atoms with Gasteiger partial charge in [-0.05, 0) is 36.8 Å². The van der Waals surface area contributed by atoms with Crippen LogP contribution in [-0.4, -0.2) is 11.1 Å². The van der Waals surface area contributed by atoms with Crippen molar-refractivity contribution < 1.29 is 14.3 Å². The predicted molar refractivity (Wildman–Crippen MR) is 72.2 cm³/mol. The summed E-state index contributed by atoms with van der Waals surface area (Å²) in [6.07, 6.45) is 0. The molecular weight excluding hydrogens is 247 g/mol. The van der Waals surface area contributed by atoms with E-state index in [-0.39, 0.29) is 17.1 Å². The number of aryl methyl sites for hydroxylation is 1. The number of carbonyl (C=O) groups is 1. The van der Waals surface area contributed by atoms with Crippen LogP contribution in [-0.2, 0) is 0 Å². The second-order valence-corrected chi connectivity index (χ2v) is 4.16. The number of para-hydroxylation sites is 1. The topological polar surface area (TPSA) is 75.3 Å². The predicted octanol–water partition coefficient (Wildman–Crippen LogP) is 3.16. The SMILES string of the molecule is Cc1cccc(F)c1Nc1ccc(C(=O)O)c(N)c1. The third kappa shape index (κ3) is 2.65.